The van der Waals surface area contributed by atoms with Gasteiger partial charge in [0.25, 0.3) is 5.69 Å². The molecule has 1 fully saturated rings. The molecular formula is C13H11N5O3. The third-order valence-corrected chi connectivity index (χ3v) is 3.33. The summed E-state index contributed by atoms with van der Waals surface area (Å²) in [5, 5.41) is 27.8. The molecule has 1 saturated heterocycles. The number of aromatic nitrogens is 3. The Morgan fingerprint density at radius 3 is 3.05 bits per heavy atom. The molecule has 0 radical (unpaired) electrons. The minimum absolute atomic E-state index is 0.0419. The topological polar surface area (TPSA) is 107 Å². The molecule has 1 aliphatic rings. The second-order valence-corrected chi connectivity index (χ2v) is 4.63. The normalized spacial score (nSPS) is 17.6. The summed E-state index contributed by atoms with van der Waals surface area (Å²) in [4.78, 5) is 10.4. The zero-order chi connectivity index (χ0) is 14.8. The molecule has 8 nitrogen and oxygen atoms in total. The van der Waals surface area contributed by atoms with Gasteiger partial charge in [-0.15, -0.1) is 5.10 Å². The SMILES string of the molecule is N#Cc1nnn(-c2cccc([N+](=O)[O-])c2)c1C1CCCO1. The molecule has 3 rings (SSSR count). The van der Waals surface area contributed by atoms with Gasteiger partial charge in [0, 0.05) is 18.7 Å². The van der Waals surface area contributed by atoms with Crippen LogP contribution in [0.3, 0.4) is 0 Å². The Kier molecular flexibility index (Phi) is 3.33. The molecule has 0 saturated carbocycles. The minimum Gasteiger partial charge on any atom is -0.372 e. The number of nitrogens with zero attached hydrogens (tertiary/aromatic N) is 5. The molecule has 21 heavy (non-hydrogen) atoms. The van der Waals surface area contributed by atoms with Gasteiger partial charge >= 0.3 is 0 Å². The van der Waals surface area contributed by atoms with Gasteiger partial charge in [-0.1, -0.05) is 11.3 Å². The zero-order valence-corrected chi connectivity index (χ0v) is 11.0. The molecule has 1 atom stereocenters. The molecular weight excluding hydrogens is 274 g/mol. The zero-order valence-electron chi connectivity index (χ0n) is 11.0. The van der Waals surface area contributed by atoms with Gasteiger partial charge < -0.3 is 4.74 Å². The fourth-order valence-corrected chi connectivity index (χ4v) is 2.38. The summed E-state index contributed by atoms with van der Waals surface area (Å²) in [7, 11) is 0. The van der Waals surface area contributed by atoms with Crippen LogP contribution in [0.4, 0.5) is 5.69 Å². The number of hydrogen-bond donors (Lipinski definition) is 0. The molecule has 1 unspecified atom stereocenters. The monoisotopic (exact) mass is 285 g/mol. The highest BCUT2D eigenvalue weighted by atomic mass is 16.6. The summed E-state index contributed by atoms with van der Waals surface area (Å²) in [5.41, 5.74) is 1.19. The van der Waals surface area contributed by atoms with E-state index in [1.54, 1.807) is 12.1 Å². The maximum atomic E-state index is 10.9. The molecule has 2 aromatic rings. The Balaban J connectivity index is 2.10. The smallest absolute Gasteiger partial charge is 0.271 e. The van der Waals surface area contributed by atoms with Crippen LogP contribution in [0.15, 0.2) is 24.3 Å². The Bertz CT molecular complexity index is 728. The van der Waals surface area contributed by atoms with Crippen molar-refractivity contribution in [3.63, 3.8) is 0 Å². The number of hydrogen-bond acceptors (Lipinski definition) is 6. The van der Waals surface area contributed by atoms with Crippen LogP contribution in [0, 0.1) is 21.4 Å². The van der Waals surface area contributed by atoms with E-state index in [4.69, 9.17) is 10.00 Å². The van der Waals surface area contributed by atoms with Crippen molar-refractivity contribution in [1.29, 1.82) is 5.26 Å². The summed E-state index contributed by atoms with van der Waals surface area (Å²) in [6.45, 7) is 0.621. The second kappa shape index (κ2) is 5.30. The number of ether oxygens (including phenoxy) is 1. The first-order chi connectivity index (χ1) is 10.2. The lowest BCUT2D eigenvalue weighted by atomic mass is 10.1. The van der Waals surface area contributed by atoms with Crippen LogP contribution in [-0.4, -0.2) is 26.5 Å². The standard InChI is InChI=1S/C13H11N5O3/c14-8-11-13(12-5-2-6-21-12)17(16-15-11)9-3-1-4-10(7-9)18(19)20/h1,3-4,7,12H,2,5-6H2. The molecule has 0 N–H and O–H groups in total. The second-order valence-electron chi connectivity index (χ2n) is 4.63. The van der Waals surface area contributed by atoms with E-state index in [1.165, 1.54) is 16.8 Å². The van der Waals surface area contributed by atoms with Gasteiger partial charge in [-0.3, -0.25) is 10.1 Å². The van der Waals surface area contributed by atoms with Crippen molar-refractivity contribution in [2.45, 2.75) is 18.9 Å². The summed E-state index contributed by atoms with van der Waals surface area (Å²) < 4.78 is 7.04. The number of nitriles is 1. The molecule has 1 aromatic heterocycles. The molecule has 2 heterocycles. The lowest BCUT2D eigenvalue weighted by Crippen LogP contribution is -2.08. The third kappa shape index (κ3) is 2.34. The van der Waals surface area contributed by atoms with Crippen molar-refractivity contribution in [3.05, 3.63) is 45.8 Å². The van der Waals surface area contributed by atoms with Gasteiger partial charge in [-0.2, -0.15) is 5.26 Å². The molecule has 1 aliphatic heterocycles. The number of non-ortho nitro benzene ring substituents is 1. The third-order valence-electron chi connectivity index (χ3n) is 3.33. The van der Waals surface area contributed by atoms with Crippen molar-refractivity contribution in [1.82, 2.24) is 15.0 Å². The van der Waals surface area contributed by atoms with E-state index >= 15 is 0 Å². The minimum atomic E-state index is -0.475. The van der Waals surface area contributed by atoms with Crippen molar-refractivity contribution >= 4 is 5.69 Å². The fourth-order valence-electron chi connectivity index (χ4n) is 2.38. The summed E-state index contributed by atoms with van der Waals surface area (Å²) in [5.74, 6) is 0. The average molecular weight is 285 g/mol. The average Bonchev–Trinajstić information content (AvgIpc) is 3.15. The fraction of sp³-hybridized carbons (Fsp3) is 0.308. The van der Waals surface area contributed by atoms with E-state index in [-0.39, 0.29) is 17.5 Å². The van der Waals surface area contributed by atoms with Crippen LogP contribution in [0.5, 0.6) is 0 Å². The lowest BCUT2D eigenvalue weighted by Gasteiger charge is -2.11. The summed E-state index contributed by atoms with van der Waals surface area (Å²) >= 11 is 0. The van der Waals surface area contributed by atoms with E-state index in [9.17, 15) is 10.1 Å². The van der Waals surface area contributed by atoms with Crippen molar-refractivity contribution in [3.8, 4) is 11.8 Å². The first kappa shape index (κ1) is 13.2. The highest BCUT2D eigenvalue weighted by Gasteiger charge is 2.27. The molecule has 0 aliphatic carbocycles. The van der Waals surface area contributed by atoms with Gasteiger partial charge in [0.2, 0.25) is 0 Å². The van der Waals surface area contributed by atoms with Gasteiger partial charge in [-0.05, 0) is 18.9 Å². The van der Waals surface area contributed by atoms with E-state index in [2.05, 4.69) is 10.3 Å². The van der Waals surface area contributed by atoms with Gasteiger partial charge in [0.15, 0.2) is 5.69 Å². The number of benzene rings is 1. The van der Waals surface area contributed by atoms with Crippen LogP contribution in [0.25, 0.3) is 5.69 Å². The molecule has 8 heteroatoms. The molecule has 0 spiro atoms. The van der Waals surface area contributed by atoms with Crippen LogP contribution in [-0.2, 0) is 4.74 Å². The summed E-state index contributed by atoms with van der Waals surface area (Å²) in [6, 6.07) is 8.04. The molecule has 0 bridgehead atoms. The van der Waals surface area contributed by atoms with Crippen molar-refractivity contribution < 1.29 is 9.66 Å². The van der Waals surface area contributed by atoms with Crippen LogP contribution >= 0.6 is 0 Å². The molecule has 1 aromatic carbocycles. The van der Waals surface area contributed by atoms with Gasteiger partial charge in [0.05, 0.1) is 10.6 Å². The highest BCUT2D eigenvalue weighted by molar-refractivity contribution is 5.45. The maximum absolute atomic E-state index is 10.9. The largest absolute Gasteiger partial charge is 0.372 e. The Labute approximate surface area is 119 Å². The number of nitro groups is 1. The van der Waals surface area contributed by atoms with Crippen LogP contribution in [0.2, 0.25) is 0 Å². The van der Waals surface area contributed by atoms with E-state index in [0.717, 1.165) is 12.8 Å². The van der Waals surface area contributed by atoms with E-state index < -0.39 is 4.92 Å². The number of rotatable bonds is 3. The molecule has 106 valence electrons. The van der Waals surface area contributed by atoms with E-state index in [0.29, 0.717) is 18.0 Å². The maximum Gasteiger partial charge on any atom is 0.271 e. The van der Waals surface area contributed by atoms with Crippen molar-refractivity contribution in [2.75, 3.05) is 6.61 Å². The molecule has 0 amide bonds. The Morgan fingerprint density at radius 1 is 1.52 bits per heavy atom. The van der Waals surface area contributed by atoms with Crippen molar-refractivity contribution in [2.24, 2.45) is 0 Å². The first-order valence-electron chi connectivity index (χ1n) is 6.43. The quantitative estimate of drug-likeness (QED) is 0.629. The van der Waals surface area contributed by atoms with E-state index in [1.807, 2.05) is 6.07 Å². The first-order valence-corrected chi connectivity index (χ1v) is 6.43. The van der Waals surface area contributed by atoms with Gasteiger partial charge in [-0.25, -0.2) is 4.68 Å². The predicted octanol–water partition coefficient (Wildman–Crippen LogP) is 1.90. The Morgan fingerprint density at radius 2 is 2.38 bits per heavy atom. The predicted molar refractivity (Wildman–Crippen MR) is 70.7 cm³/mol. The van der Waals surface area contributed by atoms with Crippen LogP contribution in [0.1, 0.15) is 30.3 Å². The Hall–Kier alpha value is -2.79. The van der Waals surface area contributed by atoms with Gasteiger partial charge in [0.1, 0.15) is 17.9 Å². The number of nitro benzene ring substituents is 1. The summed E-state index contributed by atoms with van der Waals surface area (Å²) in [6.07, 6.45) is 1.42. The lowest BCUT2D eigenvalue weighted by molar-refractivity contribution is -0.384. The van der Waals surface area contributed by atoms with Crippen LogP contribution < -0.4 is 0 Å². The highest BCUT2D eigenvalue weighted by Crippen LogP contribution is 2.31.